The normalized spacial score (nSPS) is 11.9. The fourth-order valence-electron chi connectivity index (χ4n) is 1.81. The predicted octanol–water partition coefficient (Wildman–Crippen LogP) is 4.50. The van der Waals surface area contributed by atoms with Gasteiger partial charge in [0.1, 0.15) is 0 Å². The van der Waals surface area contributed by atoms with Gasteiger partial charge in [-0.2, -0.15) is 0 Å². The van der Waals surface area contributed by atoms with E-state index in [4.69, 9.17) is 0 Å². The molecule has 0 aromatic heterocycles. The van der Waals surface area contributed by atoms with Crippen molar-refractivity contribution in [3.05, 3.63) is 64.1 Å². The van der Waals surface area contributed by atoms with E-state index >= 15 is 0 Å². The lowest BCUT2D eigenvalue weighted by atomic mass is 10.0. The molecule has 1 atom stereocenters. The van der Waals surface area contributed by atoms with Crippen molar-refractivity contribution in [2.24, 2.45) is 0 Å². The molecule has 1 amide bonds. The molecule has 0 fully saturated rings. The van der Waals surface area contributed by atoms with Crippen LogP contribution in [0.2, 0.25) is 0 Å². The molecule has 2 aromatic rings. The van der Waals surface area contributed by atoms with Crippen LogP contribution in [0.3, 0.4) is 0 Å². The maximum Gasteiger partial charge on any atom is 0.231 e. The number of hydrogen-bond acceptors (Lipinski definition) is 1. The van der Waals surface area contributed by atoms with E-state index in [1.165, 1.54) is 0 Å². The molecule has 2 rings (SSSR count). The number of nitrogens with one attached hydrogen (secondary N) is 1. The molecule has 1 unspecified atom stereocenters. The zero-order valence-corrected chi connectivity index (χ0v) is 12.6. The van der Waals surface area contributed by atoms with Crippen LogP contribution in [0.5, 0.6) is 0 Å². The smallest absolute Gasteiger partial charge is 0.231 e. The van der Waals surface area contributed by atoms with Crippen molar-refractivity contribution >= 4 is 27.5 Å². The summed E-state index contributed by atoms with van der Waals surface area (Å²) in [5.74, 6) is -0.164. The zero-order valence-electron chi connectivity index (χ0n) is 11.0. The van der Waals surface area contributed by atoms with Gasteiger partial charge in [0.2, 0.25) is 5.91 Å². The summed E-state index contributed by atoms with van der Waals surface area (Å²) >= 11 is 3.47. The highest BCUT2D eigenvalue weighted by Crippen LogP contribution is 2.22. The standard InChI is InChI=1S/C16H16BrNO/c1-11-8-9-14(10-15(11)17)18-16(19)12(2)13-6-4-3-5-7-13/h3-10,12H,1-2H3,(H,18,19). The summed E-state index contributed by atoms with van der Waals surface area (Å²) in [7, 11) is 0. The van der Waals surface area contributed by atoms with Crippen LogP contribution in [0, 0.1) is 6.92 Å². The molecule has 0 aliphatic carbocycles. The molecule has 0 saturated carbocycles. The molecule has 0 bridgehead atoms. The quantitative estimate of drug-likeness (QED) is 0.887. The molecule has 2 nitrogen and oxygen atoms in total. The van der Waals surface area contributed by atoms with E-state index < -0.39 is 0 Å². The van der Waals surface area contributed by atoms with Gasteiger partial charge in [0.15, 0.2) is 0 Å². The lowest BCUT2D eigenvalue weighted by Gasteiger charge is -2.13. The van der Waals surface area contributed by atoms with Gasteiger partial charge in [0.25, 0.3) is 0 Å². The van der Waals surface area contributed by atoms with Gasteiger partial charge < -0.3 is 5.32 Å². The minimum atomic E-state index is -0.165. The van der Waals surface area contributed by atoms with Crippen LogP contribution >= 0.6 is 15.9 Å². The topological polar surface area (TPSA) is 29.1 Å². The molecule has 0 aliphatic heterocycles. The van der Waals surface area contributed by atoms with Crippen molar-refractivity contribution in [1.29, 1.82) is 0 Å². The third-order valence-corrected chi connectivity index (χ3v) is 3.99. The largest absolute Gasteiger partial charge is 0.326 e. The highest BCUT2D eigenvalue weighted by atomic mass is 79.9. The third-order valence-electron chi connectivity index (χ3n) is 3.13. The average Bonchev–Trinajstić information content (AvgIpc) is 2.43. The molecule has 19 heavy (non-hydrogen) atoms. The highest BCUT2D eigenvalue weighted by Gasteiger charge is 2.15. The van der Waals surface area contributed by atoms with Crippen LogP contribution in [-0.4, -0.2) is 5.91 Å². The number of halogens is 1. The Balaban J connectivity index is 2.10. The Bertz CT molecular complexity index is 581. The Labute approximate surface area is 122 Å². The van der Waals surface area contributed by atoms with Crippen LogP contribution in [-0.2, 0) is 4.79 Å². The first-order chi connectivity index (χ1) is 9.08. The van der Waals surface area contributed by atoms with Crippen molar-refractivity contribution < 1.29 is 4.79 Å². The number of rotatable bonds is 3. The number of anilines is 1. The minimum Gasteiger partial charge on any atom is -0.326 e. The fraction of sp³-hybridized carbons (Fsp3) is 0.188. The van der Waals surface area contributed by atoms with E-state index in [1.54, 1.807) is 0 Å². The number of carbonyl (C=O) groups excluding carboxylic acids is 1. The molecule has 3 heteroatoms. The summed E-state index contributed by atoms with van der Waals surface area (Å²) in [4.78, 5) is 12.2. The first-order valence-electron chi connectivity index (χ1n) is 6.20. The molecule has 0 aliphatic rings. The summed E-state index contributed by atoms with van der Waals surface area (Å²) in [6, 6.07) is 15.6. The number of hydrogen-bond donors (Lipinski definition) is 1. The van der Waals surface area contributed by atoms with Crippen LogP contribution in [0.25, 0.3) is 0 Å². The molecule has 0 spiro atoms. The van der Waals surface area contributed by atoms with E-state index in [0.717, 1.165) is 21.3 Å². The molecule has 1 N–H and O–H groups in total. The van der Waals surface area contributed by atoms with Crippen molar-refractivity contribution in [3.63, 3.8) is 0 Å². The van der Waals surface area contributed by atoms with Crippen molar-refractivity contribution in [3.8, 4) is 0 Å². The number of carbonyl (C=O) groups is 1. The van der Waals surface area contributed by atoms with Crippen molar-refractivity contribution in [2.75, 3.05) is 5.32 Å². The molecule has 0 saturated heterocycles. The Morgan fingerprint density at radius 2 is 1.84 bits per heavy atom. The second-order valence-electron chi connectivity index (χ2n) is 4.59. The Kier molecular flexibility index (Phi) is 4.38. The summed E-state index contributed by atoms with van der Waals surface area (Å²) in [6.07, 6.45) is 0. The summed E-state index contributed by atoms with van der Waals surface area (Å²) < 4.78 is 0.998. The Hall–Kier alpha value is -1.61. The molecule has 0 heterocycles. The Morgan fingerprint density at radius 1 is 1.16 bits per heavy atom. The number of amides is 1. The summed E-state index contributed by atoms with van der Waals surface area (Å²) in [6.45, 7) is 3.93. The van der Waals surface area contributed by atoms with Crippen LogP contribution in [0.4, 0.5) is 5.69 Å². The highest BCUT2D eigenvalue weighted by molar-refractivity contribution is 9.10. The first-order valence-corrected chi connectivity index (χ1v) is 6.99. The van der Waals surface area contributed by atoms with Crippen molar-refractivity contribution in [2.45, 2.75) is 19.8 Å². The SMILES string of the molecule is Cc1ccc(NC(=O)C(C)c2ccccc2)cc1Br. The van der Waals surface area contributed by atoms with E-state index in [9.17, 15) is 4.79 Å². The van der Waals surface area contributed by atoms with Gasteiger partial charge in [-0.15, -0.1) is 0 Å². The van der Waals surface area contributed by atoms with Crippen LogP contribution in [0.15, 0.2) is 53.0 Å². The van der Waals surface area contributed by atoms with E-state index in [0.29, 0.717) is 0 Å². The van der Waals surface area contributed by atoms with Gasteiger partial charge in [-0.05, 0) is 37.1 Å². The molecule has 98 valence electrons. The van der Waals surface area contributed by atoms with Gasteiger partial charge in [-0.1, -0.05) is 52.3 Å². The second kappa shape index (κ2) is 6.02. The van der Waals surface area contributed by atoms with Crippen LogP contribution in [0.1, 0.15) is 24.0 Å². The predicted molar refractivity (Wildman–Crippen MR) is 82.4 cm³/mol. The number of benzene rings is 2. The van der Waals surface area contributed by atoms with E-state index in [2.05, 4.69) is 21.2 Å². The van der Waals surface area contributed by atoms with Gasteiger partial charge >= 0.3 is 0 Å². The maximum absolute atomic E-state index is 12.2. The molecular weight excluding hydrogens is 302 g/mol. The maximum atomic E-state index is 12.2. The van der Waals surface area contributed by atoms with E-state index in [-0.39, 0.29) is 11.8 Å². The van der Waals surface area contributed by atoms with Gasteiger partial charge in [0, 0.05) is 10.2 Å². The second-order valence-corrected chi connectivity index (χ2v) is 5.44. The van der Waals surface area contributed by atoms with Gasteiger partial charge in [0.05, 0.1) is 5.92 Å². The lowest BCUT2D eigenvalue weighted by Crippen LogP contribution is -2.18. The van der Waals surface area contributed by atoms with E-state index in [1.807, 2.05) is 62.4 Å². The summed E-state index contributed by atoms with van der Waals surface area (Å²) in [5.41, 5.74) is 2.98. The van der Waals surface area contributed by atoms with Gasteiger partial charge in [-0.25, -0.2) is 0 Å². The Morgan fingerprint density at radius 3 is 2.47 bits per heavy atom. The molecule has 0 radical (unpaired) electrons. The monoisotopic (exact) mass is 317 g/mol. The van der Waals surface area contributed by atoms with Crippen molar-refractivity contribution in [1.82, 2.24) is 0 Å². The molecular formula is C16H16BrNO. The third kappa shape index (κ3) is 3.44. The minimum absolute atomic E-state index is 0.00181. The average molecular weight is 318 g/mol. The summed E-state index contributed by atoms with van der Waals surface area (Å²) in [5, 5.41) is 2.94. The van der Waals surface area contributed by atoms with Gasteiger partial charge in [-0.3, -0.25) is 4.79 Å². The first kappa shape index (κ1) is 13.8. The zero-order chi connectivity index (χ0) is 13.8. The number of aryl methyl sites for hydroxylation is 1. The molecule has 2 aromatic carbocycles. The van der Waals surface area contributed by atoms with Crippen LogP contribution < -0.4 is 5.32 Å². The fourth-order valence-corrected chi connectivity index (χ4v) is 2.19. The lowest BCUT2D eigenvalue weighted by molar-refractivity contribution is -0.117.